The van der Waals surface area contributed by atoms with Gasteiger partial charge in [-0.2, -0.15) is 0 Å². The summed E-state index contributed by atoms with van der Waals surface area (Å²) in [5, 5.41) is 7.98. The van der Waals surface area contributed by atoms with Crippen LogP contribution in [0.25, 0.3) is 0 Å². The molecule has 5 nitrogen and oxygen atoms in total. The third kappa shape index (κ3) is 2.95. The Hall–Kier alpha value is 0.1000. The van der Waals surface area contributed by atoms with Gasteiger partial charge in [0.2, 0.25) is 4.57 Å². The lowest BCUT2D eigenvalue weighted by Gasteiger charge is -2.04. The molecular formula is C2H4BrO5P. The van der Waals surface area contributed by atoms with Crippen LogP contribution in [0.15, 0.2) is 0 Å². The molecule has 0 radical (unpaired) electrons. The van der Waals surface area contributed by atoms with E-state index in [0.29, 0.717) is 0 Å². The summed E-state index contributed by atoms with van der Waals surface area (Å²) < 4.78 is 8.25. The number of carbonyl (C=O) groups is 1. The molecule has 1 unspecified atom stereocenters. The van der Waals surface area contributed by atoms with Gasteiger partial charge in [0.25, 0.3) is 0 Å². The summed E-state index contributed by atoms with van der Waals surface area (Å²) in [6.07, 6.45) is 0. The van der Waals surface area contributed by atoms with Crippen LogP contribution in [-0.2, 0) is 9.36 Å². The second-order valence-corrected chi connectivity index (χ2v) is 4.58. The Balaban J connectivity index is 4.23. The van der Waals surface area contributed by atoms with Crippen LogP contribution >= 0.6 is 23.5 Å². The van der Waals surface area contributed by atoms with Crippen LogP contribution in [0, 0.1) is 0 Å². The smallest absolute Gasteiger partial charge is 0.350 e. The van der Waals surface area contributed by atoms with Crippen LogP contribution in [0.3, 0.4) is 0 Å². The first-order valence-electron chi connectivity index (χ1n) is 1.78. The molecule has 0 amide bonds. The number of halogens is 1. The van der Waals surface area contributed by atoms with Crippen LogP contribution in [0.4, 0.5) is 0 Å². The number of carboxylic acid groups (broad SMARTS) is 1. The quantitative estimate of drug-likeness (QED) is 0.447. The van der Waals surface area contributed by atoms with E-state index >= 15 is 0 Å². The predicted molar refractivity (Wildman–Crippen MR) is 32.4 cm³/mol. The summed E-state index contributed by atoms with van der Waals surface area (Å²) in [5.41, 5.74) is 0. The molecule has 0 aromatic carbocycles. The zero-order valence-electron chi connectivity index (χ0n) is 4.06. The van der Waals surface area contributed by atoms with Gasteiger partial charge in [-0.25, -0.2) is 0 Å². The van der Waals surface area contributed by atoms with Gasteiger partial charge in [0.1, 0.15) is 0 Å². The van der Waals surface area contributed by atoms with Crippen LogP contribution in [-0.4, -0.2) is 25.4 Å². The fraction of sp³-hybridized carbons (Fsp3) is 0.500. The summed E-state index contributed by atoms with van der Waals surface area (Å²) in [6, 6.07) is 0. The zero-order chi connectivity index (χ0) is 7.65. The van der Waals surface area contributed by atoms with Crippen molar-refractivity contribution in [2.75, 3.05) is 0 Å². The van der Waals surface area contributed by atoms with Crippen molar-refractivity contribution in [1.82, 2.24) is 0 Å². The summed E-state index contributed by atoms with van der Waals surface area (Å²) >= 11 is 2.30. The fourth-order valence-electron chi connectivity index (χ4n) is 0.144. The number of hydrogen-bond donors (Lipinski definition) is 3. The molecule has 0 aromatic rings. The van der Waals surface area contributed by atoms with Crippen molar-refractivity contribution < 1.29 is 24.3 Å². The minimum Gasteiger partial charge on any atom is -0.480 e. The average Bonchev–Trinajstić information content (AvgIpc) is 1.62. The SMILES string of the molecule is O=C(O)C(Br)P(=O)(O)O. The van der Waals surface area contributed by atoms with Crippen molar-refractivity contribution in [3.63, 3.8) is 0 Å². The van der Waals surface area contributed by atoms with Gasteiger partial charge in [-0.1, -0.05) is 15.9 Å². The molecule has 3 N–H and O–H groups in total. The van der Waals surface area contributed by atoms with E-state index in [1.165, 1.54) is 0 Å². The van der Waals surface area contributed by atoms with E-state index in [-0.39, 0.29) is 0 Å². The van der Waals surface area contributed by atoms with Gasteiger partial charge in [0.05, 0.1) is 0 Å². The van der Waals surface area contributed by atoms with E-state index in [1.807, 2.05) is 0 Å². The molecule has 0 aliphatic carbocycles. The third-order valence-corrected chi connectivity index (χ3v) is 3.30. The van der Waals surface area contributed by atoms with E-state index in [0.717, 1.165) is 0 Å². The normalized spacial score (nSPS) is 15.0. The predicted octanol–water partition coefficient (Wildman–Crippen LogP) is -0.0303. The lowest BCUT2D eigenvalue weighted by Crippen LogP contribution is -2.12. The molecule has 0 rings (SSSR count). The maximum atomic E-state index is 10.0. The molecule has 1 atom stereocenters. The van der Waals surface area contributed by atoms with Crippen LogP contribution in [0.5, 0.6) is 0 Å². The monoisotopic (exact) mass is 218 g/mol. The van der Waals surface area contributed by atoms with Crippen LogP contribution in [0.1, 0.15) is 0 Å². The Labute approximate surface area is 59.0 Å². The summed E-state index contributed by atoms with van der Waals surface area (Å²) in [4.78, 5) is 26.1. The second-order valence-electron chi connectivity index (χ2n) is 1.26. The van der Waals surface area contributed by atoms with Gasteiger partial charge in [0.15, 0.2) is 0 Å². The number of aliphatic carboxylic acids is 1. The van der Waals surface area contributed by atoms with Crippen molar-refractivity contribution in [3.8, 4) is 0 Å². The lowest BCUT2D eigenvalue weighted by molar-refractivity contribution is -0.134. The maximum Gasteiger partial charge on any atom is 0.350 e. The summed E-state index contributed by atoms with van der Waals surface area (Å²) in [7, 11) is -4.50. The zero-order valence-corrected chi connectivity index (χ0v) is 6.54. The van der Waals surface area contributed by atoms with Crippen molar-refractivity contribution in [1.29, 1.82) is 0 Å². The molecule has 0 bridgehead atoms. The molecule has 0 saturated carbocycles. The van der Waals surface area contributed by atoms with E-state index in [4.69, 9.17) is 14.9 Å². The molecule has 0 aromatic heterocycles. The van der Waals surface area contributed by atoms with Gasteiger partial charge in [-0.05, 0) is 0 Å². The van der Waals surface area contributed by atoms with Gasteiger partial charge in [-0.15, -0.1) is 0 Å². The Kier molecular flexibility index (Phi) is 2.82. The summed E-state index contributed by atoms with van der Waals surface area (Å²) in [6.45, 7) is 0. The standard InChI is InChI=1S/C2H4BrO5P/c3-1(2(4)5)9(6,7)8/h1H,(H,4,5)(H2,6,7,8). The molecule has 0 aliphatic rings. The molecule has 0 fully saturated rings. The van der Waals surface area contributed by atoms with Crippen LogP contribution in [0.2, 0.25) is 0 Å². The van der Waals surface area contributed by atoms with Crippen LogP contribution < -0.4 is 0 Å². The minimum absolute atomic E-state index is 1.57. The molecule has 9 heavy (non-hydrogen) atoms. The maximum absolute atomic E-state index is 10.0. The first-order valence-corrected chi connectivity index (χ1v) is 4.37. The van der Waals surface area contributed by atoms with E-state index in [9.17, 15) is 9.36 Å². The van der Waals surface area contributed by atoms with Gasteiger partial charge in [-0.3, -0.25) is 9.36 Å². The molecule has 0 spiro atoms. The molecule has 54 valence electrons. The first kappa shape index (κ1) is 9.10. The molecule has 0 heterocycles. The summed E-state index contributed by atoms with van der Waals surface area (Å²) in [5.74, 6) is -1.57. The molecular weight excluding hydrogens is 215 g/mol. The number of alkyl halides is 1. The molecule has 7 heteroatoms. The lowest BCUT2D eigenvalue weighted by atomic mass is 10.8. The number of rotatable bonds is 2. The average molecular weight is 219 g/mol. The topological polar surface area (TPSA) is 94.8 Å². The Morgan fingerprint density at radius 2 is 1.89 bits per heavy atom. The van der Waals surface area contributed by atoms with Crippen molar-refractivity contribution in [2.45, 2.75) is 4.57 Å². The van der Waals surface area contributed by atoms with Gasteiger partial charge in [0, 0.05) is 0 Å². The molecule has 0 aliphatic heterocycles. The van der Waals surface area contributed by atoms with E-state index in [2.05, 4.69) is 15.9 Å². The highest BCUT2D eigenvalue weighted by molar-refractivity contribution is 9.11. The van der Waals surface area contributed by atoms with Crippen molar-refractivity contribution >= 4 is 29.5 Å². The van der Waals surface area contributed by atoms with Crippen molar-refractivity contribution in [3.05, 3.63) is 0 Å². The fourth-order valence-corrected chi connectivity index (χ4v) is 0.432. The Bertz CT molecular complexity index is 160. The highest BCUT2D eigenvalue weighted by Crippen LogP contribution is 2.44. The second kappa shape index (κ2) is 2.79. The van der Waals surface area contributed by atoms with Gasteiger partial charge < -0.3 is 14.9 Å². The Morgan fingerprint density at radius 1 is 1.56 bits per heavy atom. The molecule has 0 saturated heterocycles. The number of carboxylic acids is 1. The van der Waals surface area contributed by atoms with Gasteiger partial charge >= 0.3 is 13.6 Å². The minimum atomic E-state index is -4.50. The van der Waals surface area contributed by atoms with E-state index in [1.54, 1.807) is 0 Å². The first-order chi connectivity index (χ1) is 3.85. The van der Waals surface area contributed by atoms with Crippen molar-refractivity contribution in [2.24, 2.45) is 0 Å². The largest absolute Gasteiger partial charge is 0.480 e. The third-order valence-electron chi connectivity index (χ3n) is 0.499. The highest BCUT2D eigenvalue weighted by Gasteiger charge is 2.32. The number of hydrogen-bond acceptors (Lipinski definition) is 2. The highest BCUT2D eigenvalue weighted by atomic mass is 79.9. The Morgan fingerprint density at radius 3 is 1.89 bits per heavy atom. The van der Waals surface area contributed by atoms with E-state index < -0.39 is 18.1 Å².